The molecule has 28 heavy (non-hydrogen) atoms. The third-order valence-electron chi connectivity index (χ3n) is 6.08. The van der Waals surface area contributed by atoms with E-state index in [0.29, 0.717) is 17.2 Å². The second-order valence-corrected chi connectivity index (χ2v) is 7.84. The van der Waals surface area contributed by atoms with Gasteiger partial charge in [-0.2, -0.15) is 0 Å². The van der Waals surface area contributed by atoms with E-state index in [-0.39, 0.29) is 29.8 Å². The number of hydrogen-bond donors (Lipinski definition) is 1. The van der Waals surface area contributed by atoms with Crippen molar-refractivity contribution in [1.82, 2.24) is 10.2 Å². The van der Waals surface area contributed by atoms with Crippen LogP contribution in [0, 0.1) is 5.92 Å². The van der Waals surface area contributed by atoms with E-state index >= 15 is 0 Å². The van der Waals surface area contributed by atoms with Gasteiger partial charge in [-0.3, -0.25) is 9.59 Å². The first-order valence-electron chi connectivity index (χ1n) is 9.87. The van der Waals surface area contributed by atoms with Crippen LogP contribution in [0.25, 0.3) is 0 Å². The molecule has 1 N–H and O–H groups in total. The second kappa shape index (κ2) is 7.66. The molecule has 2 aromatic carbocycles. The van der Waals surface area contributed by atoms with Gasteiger partial charge in [0.15, 0.2) is 0 Å². The fourth-order valence-corrected chi connectivity index (χ4v) is 4.58. The molecule has 1 heterocycles. The fraction of sp³-hybridized carbons (Fsp3) is 0.391. The number of carbonyl (C=O) groups excluding carboxylic acids is 2. The SMILES string of the molecule is COc1cccc(C(=O)N[C@@H]2C[C@@H]3C[C@H]2N(C(=O)C(C)c2ccccc2)C3)c1. The Morgan fingerprint density at radius 3 is 2.61 bits per heavy atom. The topological polar surface area (TPSA) is 58.6 Å². The molecule has 1 saturated carbocycles. The summed E-state index contributed by atoms with van der Waals surface area (Å²) in [5.41, 5.74) is 1.62. The number of hydrogen-bond acceptors (Lipinski definition) is 3. The molecule has 1 aliphatic carbocycles. The van der Waals surface area contributed by atoms with Crippen LogP contribution in [-0.4, -0.2) is 42.5 Å². The summed E-state index contributed by atoms with van der Waals surface area (Å²) in [6.07, 6.45) is 1.90. The molecule has 1 aliphatic heterocycles. The van der Waals surface area contributed by atoms with Gasteiger partial charge in [-0.1, -0.05) is 36.4 Å². The van der Waals surface area contributed by atoms with Gasteiger partial charge in [-0.25, -0.2) is 0 Å². The van der Waals surface area contributed by atoms with Crippen LogP contribution in [-0.2, 0) is 4.79 Å². The zero-order chi connectivity index (χ0) is 19.7. The standard InChI is InChI=1S/C23H26N2O3/c1-15(17-7-4-3-5-8-17)23(27)25-14-16-11-20(21(25)12-16)24-22(26)18-9-6-10-19(13-18)28-2/h3-10,13,15-16,20-21H,11-12,14H2,1-2H3,(H,24,26)/t15?,16-,20-,21-/m1/s1. The van der Waals surface area contributed by atoms with Crippen molar-refractivity contribution >= 4 is 11.8 Å². The smallest absolute Gasteiger partial charge is 0.251 e. The zero-order valence-corrected chi connectivity index (χ0v) is 16.3. The number of methoxy groups -OCH3 is 1. The predicted octanol–water partition coefficient (Wildman–Crippen LogP) is 3.22. The van der Waals surface area contributed by atoms with Crippen molar-refractivity contribution in [2.75, 3.05) is 13.7 Å². The van der Waals surface area contributed by atoms with Gasteiger partial charge in [0.2, 0.25) is 5.91 Å². The van der Waals surface area contributed by atoms with Crippen molar-refractivity contribution in [2.24, 2.45) is 5.92 Å². The molecule has 1 saturated heterocycles. The van der Waals surface area contributed by atoms with Crippen molar-refractivity contribution in [3.63, 3.8) is 0 Å². The third-order valence-corrected chi connectivity index (χ3v) is 6.08. The molecule has 0 spiro atoms. The van der Waals surface area contributed by atoms with E-state index in [0.717, 1.165) is 24.9 Å². The van der Waals surface area contributed by atoms with Gasteiger partial charge >= 0.3 is 0 Å². The van der Waals surface area contributed by atoms with Gasteiger partial charge in [0, 0.05) is 18.2 Å². The van der Waals surface area contributed by atoms with E-state index in [2.05, 4.69) is 5.32 Å². The summed E-state index contributed by atoms with van der Waals surface area (Å²) in [4.78, 5) is 27.8. The number of carbonyl (C=O) groups is 2. The number of rotatable bonds is 5. The Hall–Kier alpha value is -2.82. The quantitative estimate of drug-likeness (QED) is 0.869. The number of benzene rings is 2. The number of likely N-dealkylation sites (tertiary alicyclic amines) is 1. The Morgan fingerprint density at radius 2 is 1.89 bits per heavy atom. The highest BCUT2D eigenvalue weighted by Gasteiger charge is 2.48. The van der Waals surface area contributed by atoms with Crippen LogP contribution < -0.4 is 10.1 Å². The average molecular weight is 378 g/mol. The minimum atomic E-state index is -0.171. The molecular formula is C23H26N2O3. The number of piperidine rings is 1. The number of amides is 2. The second-order valence-electron chi connectivity index (χ2n) is 7.84. The highest BCUT2D eigenvalue weighted by Crippen LogP contribution is 2.39. The van der Waals surface area contributed by atoms with Gasteiger partial charge in [-0.15, -0.1) is 0 Å². The van der Waals surface area contributed by atoms with Crippen molar-refractivity contribution in [3.8, 4) is 5.75 Å². The summed E-state index contributed by atoms with van der Waals surface area (Å²) in [5.74, 6) is 0.996. The maximum Gasteiger partial charge on any atom is 0.251 e. The van der Waals surface area contributed by atoms with Crippen molar-refractivity contribution in [1.29, 1.82) is 0 Å². The lowest BCUT2D eigenvalue weighted by atomic mass is 9.97. The van der Waals surface area contributed by atoms with E-state index in [9.17, 15) is 9.59 Å². The van der Waals surface area contributed by atoms with Crippen LogP contribution in [0.4, 0.5) is 0 Å². The molecule has 0 radical (unpaired) electrons. The molecule has 2 aromatic rings. The normalized spacial score (nSPS) is 24.1. The largest absolute Gasteiger partial charge is 0.497 e. The van der Waals surface area contributed by atoms with Crippen LogP contribution in [0.5, 0.6) is 5.75 Å². The molecule has 2 fully saturated rings. The highest BCUT2D eigenvalue weighted by atomic mass is 16.5. The first-order chi connectivity index (χ1) is 13.6. The lowest BCUT2D eigenvalue weighted by molar-refractivity contribution is -0.134. The van der Waals surface area contributed by atoms with Gasteiger partial charge < -0.3 is 15.0 Å². The van der Waals surface area contributed by atoms with Gasteiger partial charge in [0.05, 0.1) is 19.1 Å². The zero-order valence-electron chi connectivity index (χ0n) is 16.3. The lowest BCUT2D eigenvalue weighted by Crippen LogP contribution is -2.52. The Kier molecular flexibility index (Phi) is 5.07. The number of fused-ring (bicyclic) bond motifs is 2. The summed E-state index contributed by atoms with van der Waals surface area (Å²) in [5, 5.41) is 3.15. The Bertz CT molecular complexity index is 867. The molecule has 4 rings (SSSR count). The van der Waals surface area contributed by atoms with Crippen molar-refractivity contribution in [2.45, 2.75) is 37.8 Å². The first kappa shape index (κ1) is 18.5. The van der Waals surface area contributed by atoms with Crippen molar-refractivity contribution < 1.29 is 14.3 Å². The molecule has 5 heteroatoms. The molecule has 5 nitrogen and oxygen atoms in total. The molecule has 2 bridgehead atoms. The fourth-order valence-electron chi connectivity index (χ4n) is 4.58. The molecule has 4 atom stereocenters. The number of nitrogens with one attached hydrogen (secondary N) is 1. The Balaban J connectivity index is 1.45. The van der Waals surface area contributed by atoms with Crippen LogP contribution in [0.1, 0.15) is 41.6 Å². The van der Waals surface area contributed by atoms with Crippen LogP contribution >= 0.6 is 0 Å². The Labute approximate surface area is 165 Å². The minimum Gasteiger partial charge on any atom is -0.497 e. The molecule has 1 unspecified atom stereocenters. The summed E-state index contributed by atoms with van der Waals surface area (Å²) in [7, 11) is 1.59. The molecule has 146 valence electrons. The molecule has 2 aliphatic rings. The number of ether oxygens (including phenoxy) is 1. The molecule has 2 amide bonds. The monoisotopic (exact) mass is 378 g/mol. The maximum absolute atomic E-state index is 13.1. The van der Waals surface area contributed by atoms with E-state index < -0.39 is 0 Å². The van der Waals surface area contributed by atoms with Crippen LogP contribution in [0.15, 0.2) is 54.6 Å². The van der Waals surface area contributed by atoms with E-state index in [1.165, 1.54) is 0 Å². The maximum atomic E-state index is 13.1. The summed E-state index contributed by atoms with van der Waals surface area (Å²) >= 11 is 0. The molecule has 0 aromatic heterocycles. The summed E-state index contributed by atoms with van der Waals surface area (Å²) in [6, 6.07) is 17.1. The van der Waals surface area contributed by atoms with Crippen molar-refractivity contribution in [3.05, 3.63) is 65.7 Å². The average Bonchev–Trinajstić information content (AvgIpc) is 3.34. The Morgan fingerprint density at radius 1 is 1.11 bits per heavy atom. The van der Waals surface area contributed by atoms with E-state index in [1.54, 1.807) is 19.2 Å². The third kappa shape index (κ3) is 3.49. The highest BCUT2D eigenvalue weighted by molar-refractivity contribution is 5.95. The number of nitrogens with zero attached hydrogens (tertiary/aromatic N) is 1. The van der Waals surface area contributed by atoms with Gasteiger partial charge in [0.1, 0.15) is 5.75 Å². The minimum absolute atomic E-state index is 0.00405. The van der Waals surface area contributed by atoms with Crippen LogP contribution in [0.3, 0.4) is 0 Å². The summed E-state index contributed by atoms with van der Waals surface area (Å²) < 4.78 is 5.21. The van der Waals surface area contributed by atoms with Gasteiger partial charge in [0.25, 0.3) is 5.91 Å². The van der Waals surface area contributed by atoms with Gasteiger partial charge in [-0.05, 0) is 49.4 Å². The molecular weight excluding hydrogens is 352 g/mol. The first-order valence-corrected chi connectivity index (χ1v) is 9.87. The summed E-state index contributed by atoms with van der Waals surface area (Å²) in [6.45, 7) is 2.76. The lowest BCUT2D eigenvalue weighted by Gasteiger charge is -2.35. The predicted molar refractivity (Wildman–Crippen MR) is 107 cm³/mol. The van der Waals surface area contributed by atoms with E-state index in [1.807, 2.05) is 54.3 Å². The van der Waals surface area contributed by atoms with Crippen LogP contribution in [0.2, 0.25) is 0 Å². The van der Waals surface area contributed by atoms with E-state index in [4.69, 9.17) is 4.74 Å².